The fourth-order valence-corrected chi connectivity index (χ4v) is 2.67. The van der Waals surface area contributed by atoms with Gasteiger partial charge in [0.15, 0.2) is 5.78 Å². The summed E-state index contributed by atoms with van der Waals surface area (Å²) in [5.74, 6) is -2.59. The zero-order valence-corrected chi connectivity index (χ0v) is 15.3. The fraction of sp³-hybridized carbons (Fsp3) is 0.368. The van der Waals surface area contributed by atoms with Crippen molar-refractivity contribution >= 4 is 23.3 Å². The molecule has 0 saturated carbocycles. The second-order valence-electron chi connectivity index (χ2n) is 6.04. The number of ketones is 3. The van der Waals surface area contributed by atoms with Crippen molar-refractivity contribution in [3.05, 3.63) is 42.2 Å². The third-order valence-electron chi connectivity index (χ3n) is 4.11. The number of carbonyl (C=O) groups excluding carboxylic acids is 4. The Labute approximate surface area is 156 Å². The van der Waals surface area contributed by atoms with Crippen LogP contribution in [0.1, 0.15) is 43.0 Å². The van der Waals surface area contributed by atoms with Crippen molar-refractivity contribution < 1.29 is 23.9 Å². The van der Waals surface area contributed by atoms with E-state index in [2.05, 4.69) is 14.9 Å². The molecule has 8 heteroatoms. The highest BCUT2D eigenvalue weighted by molar-refractivity contribution is 6.02. The molecule has 27 heavy (non-hydrogen) atoms. The largest absolute Gasteiger partial charge is 0.468 e. The van der Waals surface area contributed by atoms with Gasteiger partial charge in [-0.2, -0.15) is 15.0 Å². The van der Waals surface area contributed by atoms with Gasteiger partial charge in [-0.25, -0.2) is 0 Å². The van der Waals surface area contributed by atoms with Crippen LogP contribution >= 0.6 is 0 Å². The quantitative estimate of drug-likeness (QED) is 0.357. The molecule has 0 amide bonds. The molecule has 0 radical (unpaired) electrons. The lowest BCUT2D eigenvalue weighted by molar-refractivity contribution is -0.150. The number of benzene rings is 1. The molecule has 1 aromatic carbocycles. The standard InChI is InChI=1S/C19H21N3O5/c1-13(23)16(19(26)27-2)12-14(24)6-5-9-18(25)15-7-3-4-8-17(15)22-20-10-11-21-22/h3-4,7-8,10-11,16H,5-6,9,12H2,1-2H3. The van der Waals surface area contributed by atoms with E-state index in [0.717, 1.165) is 0 Å². The fourth-order valence-electron chi connectivity index (χ4n) is 2.67. The Bertz CT molecular complexity index is 830. The number of carbonyl (C=O) groups is 4. The van der Waals surface area contributed by atoms with Gasteiger partial charge in [0.25, 0.3) is 0 Å². The Hall–Kier alpha value is -3.16. The van der Waals surface area contributed by atoms with Crippen LogP contribution in [-0.2, 0) is 19.1 Å². The molecule has 0 fully saturated rings. The molecule has 2 aromatic rings. The maximum atomic E-state index is 12.5. The number of rotatable bonds is 10. The predicted octanol–water partition coefficient (Wildman–Crippen LogP) is 1.96. The van der Waals surface area contributed by atoms with E-state index in [9.17, 15) is 19.2 Å². The first-order valence-corrected chi connectivity index (χ1v) is 8.53. The number of hydrogen-bond acceptors (Lipinski definition) is 7. The van der Waals surface area contributed by atoms with Gasteiger partial charge in [-0.05, 0) is 25.5 Å². The molecule has 0 bridgehead atoms. The van der Waals surface area contributed by atoms with Crippen LogP contribution in [0.2, 0.25) is 0 Å². The number of nitrogens with zero attached hydrogens (tertiary/aromatic N) is 3. The minimum atomic E-state index is -1.08. The first-order valence-electron chi connectivity index (χ1n) is 8.53. The maximum Gasteiger partial charge on any atom is 0.316 e. The van der Waals surface area contributed by atoms with Crippen molar-refractivity contribution in [3.8, 4) is 5.69 Å². The first-order chi connectivity index (χ1) is 12.9. The summed E-state index contributed by atoms with van der Waals surface area (Å²) in [5.41, 5.74) is 1.04. The molecule has 1 heterocycles. The van der Waals surface area contributed by atoms with Crippen LogP contribution in [0.5, 0.6) is 0 Å². The molecule has 0 aliphatic heterocycles. The number of hydrogen-bond donors (Lipinski definition) is 0. The Kier molecular flexibility index (Phi) is 7.10. The molecule has 1 unspecified atom stereocenters. The summed E-state index contributed by atoms with van der Waals surface area (Å²) in [6.07, 6.45) is 3.43. The summed E-state index contributed by atoms with van der Waals surface area (Å²) in [4.78, 5) is 49.0. The SMILES string of the molecule is COC(=O)C(CC(=O)CCCC(=O)c1ccccc1-n1nccn1)C(C)=O. The van der Waals surface area contributed by atoms with Crippen molar-refractivity contribution in [2.75, 3.05) is 7.11 Å². The van der Waals surface area contributed by atoms with Crippen LogP contribution in [-0.4, -0.2) is 45.4 Å². The number of methoxy groups -OCH3 is 1. The van der Waals surface area contributed by atoms with Crippen molar-refractivity contribution in [1.29, 1.82) is 0 Å². The highest BCUT2D eigenvalue weighted by Crippen LogP contribution is 2.17. The van der Waals surface area contributed by atoms with Gasteiger partial charge in [-0.15, -0.1) is 0 Å². The van der Waals surface area contributed by atoms with Crippen LogP contribution < -0.4 is 0 Å². The maximum absolute atomic E-state index is 12.5. The van der Waals surface area contributed by atoms with Gasteiger partial charge in [-0.3, -0.25) is 19.2 Å². The van der Waals surface area contributed by atoms with Crippen LogP contribution in [0.3, 0.4) is 0 Å². The molecule has 1 atom stereocenters. The van der Waals surface area contributed by atoms with E-state index in [0.29, 0.717) is 17.7 Å². The Morgan fingerprint density at radius 3 is 2.37 bits per heavy atom. The van der Waals surface area contributed by atoms with Crippen LogP contribution in [0.25, 0.3) is 5.69 Å². The van der Waals surface area contributed by atoms with Crippen molar-refractivity contribution in [2.24, 2.45) is 5.92 Å². The molecule has 8 nitrogen and oxygen atoms in total. The van der Waals surface area contributed by atoms with E-state index >= 15 is 0 Å². The van der Waals surface area contributed by atoms with E-state index in [1.165, 1.54) is 31.2 Å². The lowest BCUT2D eigenvalue weighted by Gasteiger charge is -2.10. The highest BCUT2D eigenvalue weighted by Gasteiger charge is 2.26. The lowest BCUT2D eigenvalue weighted by atomic mass is 9.95. The molecule has 1 aromatic heterocycles. The Morgan fingerprint density at radius 2 is 1.74 bits per heavy atom. The minimum absolute atomic E-state index is 0.106. The normalized spacial score (nSPS) is 11.6. The molecule has 0 aliphatic carbocycles. The Balaban J connectivity index is 1.92. The lowest BCUT2D eigenvalue weighted by Crippen LogP contribution is -2.26. The molecule has 0 N–H and O–H groups in total. The van der Waals surface area contributed by atoms with Gasteiger partial charge in [0.1, 0.15) is 17.5 Å². The summed E-state index contributed by atoms with van der Waals surface area (Å²) in [7, 11) is 1.17. The first kappa shape index (κ1) is 20.2. The topological polar surface area (TPSA) is 108 Å². The summed E-state index contributed by atoms with van der Waals surface area (Å²) in [5, 5.41) is 8.07. The van der Waals surface area contributed by atoms with Crippen LogP contribution in [0.15, 0.2) is 36.7 Å². The molecule has 2 rings (SSSR count). The predicted molar refractivity (Wildman–Crippen MR) is 95.4 cm³/mol. The van der Waals surface area contributed by atoms with Gasteiger partial charge < -0.3 is 4.74 Å². The van der Waals surface area contributed by atoms with Crippen molar-refractivity contribution in [1.82, 2.24) is 15.0 Å². The van der Waals surface area contributed by atoms with Crippen molar-refractivity contribution in [2.45, 2.75) is 32.6 Å². The zero-order valence-electron chi connectivity index (χ0n) is 15.3. The number of para-hydroxylation sites is 1. The van der Waals surface area contributed by atoms with Gasteiger partial charge in [-0.1, -0.05) is 12.1 Å². The summed E-state index contributed by atoms with van der Waals surface area (Å²) in [6.45, 7) is 1.25. The average molecular weight is 371 g/mol. The molecular formula is C19H21N3O5. The molecular weight excluding hydrogens is 350 g/mol. The number of aromatic nitrogens is 3. The smallest absolute Gasteiger partial charge is 0.316 e. The monoisotopic (exact) mass is 371 g/mol. The van der Waals surface area contributed by atoms with E-state index < -0.39 is 17.7 Å². The van der Waals surface area contributed by atoms with E-state index in [1.807, 2.05) is 0 Å². The van der Waals surface area contributed by atoms with Gasteiger partial charge >= 0.3 is 5.97 Å². The van der Waals surface area contributed by atoms with Crippen LogP contribution in [0, 0.1) is 5.92 Å². The van der Waals surface area contributed by atoms with Crippen molar-refractivity contribution in [3.63, 3.8) is 0 Å². The van der Waals surface area contributed by atoms with E-state index in [1.54, 1.807) is 24.3 Å². The second-order valence-corrected chi connectivity index (χ2v) is 6.04. The average Bonchev–Trinajstić information content (AvgIpc) is 3.19. The van der Waals surface area contributed by atoms with Gasteiger partial charge in [0.2, 0.25) is 0 Å². The van der Waals surface area contributed by atoms with Gasteiger partial charge in [0, 0.05) is 24.8 Å². The Morgan fingerprint density at radius 1 is 1.07 bits per heavy atom. The summed E-state index contributed by atoms with van der Waals surface area (Å²) >= 11 is 0. The summed E-state index contributed by atoms with van der Waals surface area (Å²) < 4.78 is 4.54. The zero-order chi connectivity index (χ0) is 19.8. The highest BCUT2D eigenvalue weighted by atomic mass is 16.5. The number of Topliss-reactive ketones (excluding diaryl/α,β-unsaturated/α-hetero) is 3. The van der Waals surface area contributed by atoms with E-state index in [-0.39, 0.29) is 30.8 Å². The van der Waals surface area contributed by atoms with Crippen LogP contribution in [0.4, 0.5) is 0 Å². The minimum Gasteiger partial charge on any atom is -0.468 e. The second kappa shape index (κ2) is 9.51. The molecule has 142 valence electrons. The molecule has 0 spiro atoms. The number of ether oxygens (including phenoxy) is 1. The van der Waals surface area contributed by atoms with Gasteiger partial charge in [0.05, 0.1) is 25.2 Å². The molecule has 0 saturated heterocycles. The third kappa shape index (κ3) is 5.40. The van der Waals surface area contributed by atoms with E-state index in [4.69, 9.17) is 0 Å². The molecule has 0 aliphatic rings. The summed E-state index contributed by atoms with van der Waals surface area (Å²) in [6, 6.07) is 6.96. The number of esters is 1. The third-order valence-corrected chi connectivity index (χ3v) is 4.11.